The summed E-state index contributed by atoms with van der Waals surface area (Å²) in [4.78, 5) is -0.141. The van der Waals surface area contributed by atoms with E-state index in [0.29, 0.717) is 0 Å². The molecule has 0 fully saturated rings. The second-order valence-corrected chi connectivity index (χ2v) is 6.58. The van der Waals surface area contributed by atoms with Crippen molar-refractivity contribution < 1.29 is 31.0 Å². The minimum absolute atomic E-state index is 0.0671. The average Bonchev–Trinajstić information content (AvgIpc) is 2.49. The molecule has 0 saturated heterocycles. The first-order valence-corrected chi connectivity index (χ1v) is 8.28. The van der Waals surface area contributed by atoms with Crippen molar-refractivity contribution in [2.45, 2.75) is 9.79 Å². The molecule has 0 bridgehead atoms. The molecule has 0 aliphatic rings. The Bertz CT molecular complexity index is 754. The van der Waals surface area contributed by atoms with Crippen LogP contribution < -0.4 is 0 Å². The normalized spacial score (nSPS) is 11.3. The summed E-state index contributed by atoms with van der Waals surface area (Å²) in [5, 5.41) is 7.96. The molecule has 2 aromatic rings. The van der Waals surface area contributed by atoms with Gasteiger partial charge in [0.05, 0.1) is 9.79 Å². The van der Waals surface area contributed by atoms with Gasteiger partial charge in [-0.05, 0) is 24.3 Å². The average molecular weight is 332 g/mol. The van der Waals surface area contributed by atoms with Crippen LogP contribution in [-0.4, -0.2) is 26.6 Å². The Hall–Kier alpha value is -1.78. The highest BCUT2D eigenvalue weighted by Gasteiger charge is 2.12. The molecule has 0 aromatic heterocycles. The van der Waals surface area contributed by atoms with Crippen LogP contribution in [0.5, 0.6) is 0 Å². The maximum Gasteiger partial charge on any atom is 0.323 e. The SMILES string of the molecule is O=S(=O)(O)c1ccccc1.O=S(=O)(OO)c1ccccc1. The monoisotopic (exact) mass is 332 g/mol. The molecule has 2 rings (SSSR count). The molecule has 0 heterocycles. The summed E-state index contributed by atoms with van der Waals surface area (Å²) in [6.45, 7) is 0. The van der Waals surface area contributed by atoms with Crippen molar-refractivity contribution in [2.75, 3.05) is 0 Å². The lowest BCUT2D eigenvalue weighted by molar-refractivity contribution is -0.130. The highest BCUT2D eigenvalue weighted by molar-refractivity contribution is 7.86. The van der Waals surface area contributed by atoms with E-state index in [1.807, 2.05) is 0 Å². The molecule has 0 saturated carbocycles. The Morgan fingerprint density at radius 1 is 0.714 bits per heavy atom. The third-order valence-corrected chi connectivity index (χ3v) is 4.08. The first-order valence-electron chi connectivity index (χ1n) is 5.43. The van der Waals surface area contributed by atoms with E-state index in [0.717, 1.165) is 0 Å². The van der Waals surface area contributed by atoms with E-state index in [1.54, 1.807) is 24.3 Å². The van der Waals surface area contributed by atoms with Crippen LogP contribution in [0.25, 0.3) is 0 Å². The van der Waals surface area contributed by atoms with Crippen molar-refractivity contribution in [3.05, 3.63) is 60.7 Å². The highest BCUT2D eigenvalue weighted by Crippen LogP contribution is 2.09. The maximum absolute atomic E-state index is 10.7. The second kappa shape index (κ2) is 7.29. The van der Waals surface area contributed by atoms with Crippen molar-refractivity contribution in [1.29, 1.82) is 0 Å². The maximum atomic E-state index is 10.7. The topological polar surface area (TPSA) is 118 Å². The molecule has 0 unspecified atom stereocenters. The summed E-state index contributed by atoms with van der Waals surface area (Å²) in [5.74, 6) is 0. The fraction of sp³-hybridized carbons (Fsp3) is 0. The molecular weight excluding hydrogens is 320 g/mol. The molecule has 7 nitrogen and oxygen atoms in total. The number of hydrogen-bond acceptors (Lipinski definition) is 6. The van der Waals surface area contributed by atoms with E-state index >= 15 is 0 Å². The van der Waals surface area contributed by atoms with E-state index < -0.39 is 20.2 Å². The Morgan fingerprint density at radius 3 is 1.38 bits per heavy atom. The van der Waals surface area contributed by atoms with Crippen LogP contribution in [0.15, 0.2) is 70.5 Å². The van der Waals surface area contributed by atoms with Crippen LogP contribution in [0.2, 0.25) is 0 Å². The Labute approximate surface area is 122 Å². The first kappa shape index (κ1) is 17.3. The van der Waals surface area contributed by atoms with Gasteiger partial charge in [0.1, 0.15) is 0 Å². The molecule has 0 radical (unpaired) electrons. The van der Waals surface area contributed by atoms with E-state index in [2.05, 4.69) is 4.33 Å². The van der Waals surface area contributed by atoms with Crippen LogP contribution in [-0.2, 0) is 24.6 Å². The molecule has 114 valence electrons. The third kappa shape index (κ3) is 5.61. The van der Waals surface area contributed by atoms with E-state index in [-0.39, 0.29) is 9.79 Å². The molecule has 0 spiro atoms. The van der Waals surface area contributed by atoms with E-state index in [9.17, 15) is 16.8 Å². The molecule has 0 aliphatic heterocycles. The predicted molar refractivity (Wildman–Crippen MR) is 73.6 cm³/mol. The summed E-state index contributed by atoms with van der Waals surface area (Å²) in [7, 11) is -7.95. The van der Waals surface area contributed by atoms with Gasteiger partial charge >= 0.3 is 10.1 Å². The fourth-order valence-corrected chi connectivity index (χ4v) is 2.30. The van der Waals surface area contributed by atoms with Crippen LogP contribution in [0, 0.1) is 0 Å². The molecule has 2 N–H and O–H groups in total. The molecular formula is C12H12O7S2. The third-order valence-electron chi connectivity index (χ3n) is 2.17. The zero-order valence-corrected chi connectivity index (χ0v) is 12.2. The highest BCUT2D eigenvalue weighted by atomic mass is 32.2. The van der Waals surface area contributed by atoms with Gasteiger partial charge in [0.2, 0.25) is 0 Å². The smallest absolute Gasteiger partial charge is 0.282 e. The molecule has 2 aromatic carbocycles. The Morgan fingerprint density at radius 2 is 1.10 bits per heavy atom. The lowest BCUT2D eigenvalue weighted by atomic mass is 10.4. The standard InChI is InChI=1S/C6H6O4S.C6H6O3S/c7-10-11(8,9)6-4-2-1-3-5-6;7-10(8,9)6-4-2-1-3-5-6/h1-5,7H;1-5H,(H,7,8,9). The van der Waals surface area contributed by atoms with Crippen LogP contribution in [0.3, 0.4) is 0 Å². The summed E-state index contributed by atoms with van der Waals surface area (Å²) >= 11 is 0. The molecule has 0 amide bonds. The van der Waals surface area contributed by atoms with E-state index in [4.69, 9.17) is 9.81 Å². The van der Waals surface area contributed by atoms with E-state index in [1.165, 1.54) is 36.4 Å². The Kier molecular flexibility index (Phi) is 6.00. The lowest BCUT2D eigenvalue weighted by Crippen LogP contribution is -2.02. The van der Waals surface area contributed by atoms with Crippen molar-refractivity contribution in [1.82, 2.24) is 0 Å². The van der Waals surface area contributed by atoms with Gasteiger partial charge in [-0.25, -0.2) is 5.26 Å². The predicted octanol–water partition coefficient (Wildman–Crippen LogP) is 1.80. The van der Waals surface area contributed by atoms with Crippen LogP contribution >= 0.6 is 0 Å². The van der Waals surface area contributed by atoms with Crippen molar-refractivity contribution in [2.24, 2.45) is 0 Å². The molecule has 0 aliphatic carbocycles. The quantitative estimate of drug-likeness (QED) is 0.500. The minimum Gasteiger partial charge on any atom is -0.282 e. The zero-order chi connectivity index (χ0) is 15.9. The van der Waals surface area contributed by atoms with Gasteiger partial charge in [-0.1, -0.05) is 36.4 Å². The number of hydrogen-bond donors (Lipinski definition) is 2. The summed E-state index contributed by atoms with van der Waals surface area (Å²) < 4.78 is 54.0. The van der Waals surface area contributed by atoms with Crippen LogP contribution in [0.4, 0.5) is 0 Å². The van der Waals surface area contributed by atoms with Gasteiger partial charge in [0.15, 0.2) is 0 Å². The fourth-order valence-electron chi connectivity index (χ4n) is 1.22. The molecule has 9 heteroatoms. The van der Waals surface area contributed by atoms with Crippen molar-refractivity contribution in [3.63, 3.8) is 0 Å². The number of rotatable bonds is 3. The van der Waals surface area contributed by atoms with Crippen molar-refractivity contribution in [3.8, 4) is 0 Å². The largest absolute Gasteiger partial charge is 0.323 e. The number of benzene rings is 2. The second-order valence-electron chi connectivity index (χ2n) is 3.63. The summed E-state index contributed by atoms with van der Waals surface area (Å²) in [5.41, 5.74) is 0. The van der Waals surface area contributed by atoms with Gasteiger partial charge in [-0.2, -0.15) is 16.8 Å². The first-order chi connectivity index (χ1) is 9.77. The Balaban J connectivity index is 0.000000211. The molecule has 0 atom stereocenters. The van der Waals surface area contributed by atoms with Crippen LogP contribution in [0.1, 0.15) is 0 Å². The molecule has 21 heavy (non-hydrogen) atoms. The van der Waals surface area contributed by atoms with Gasteiger partial charge in [-0.3, -0.25) is 4.55 Å². The van der Waals surface area contributed by atoms with Gasteiger partial charge in [-0.15, -0.1) is 4.33 Å². The van der Waals surface area contributed by atoms with Crippen molar-refractivity contribution >= 4 is 20.2 Å². The van der Waals surface area contributed by atoms with Gasteiger partial charge in [0.25, 0.3) is 10.1 Å². The zero-order valence-electron chi connectivity index (χ0n) is 10.5. The van der Waals surface area contributed by atoms with Gasteiger partial charge < -0.3 is 0 Å². The lowest BCUT2D eigenvalue weighted by Gasteiger charge is -1.96. The van der Waals surface area contributed by atoms with Gasteiger partial charge in [0, 0.05) is 0 Å². The summed E-state index contributed by atoms with van der Waals surface area (Å²) in [6.07, 6.45) is 0. The summed E-state index contributed by atoms with van der Waals surface area (Å²) in [6, 6.07) is 14.8. The minimum atomic E-state index is -4.00.